The van der Waals surface area contributed by atoms with E-state index >= 15 is 0 Å². The summed E-state index contributed by atoms with van der Waals surface area (Å²) in [6.45, 7) is 5.63. The normalized spacial score (nSPS) is 14.5. The van der Waals surface area contributed by atoms with Gasteiger partial charge in [0.15, 0.2) is 0 Å². The maximum absolute atomic E-state index is 11.5. The van der Waals surface area contributed by atoms with Crippen LogP contribution in [-0.4, -0.2) is 25.1 Å². The monoisotopic (exact) mass is 211 g/mol. The summed E-state index contributed by atoms with van der Waals surface area (Å²) < 4.78 is 15.1. The van der Waals surface area contributed by atoms with Crippen molar-refractivity contribution in [3.8, 4) is 0 Å². The maximum Gasteiger partial charge on any atom is 0.144 e. The summed E-state index contributed by atoms with van der Waals surface area (Å²) >= 11 is 0. The number of rotatable bonds is 2. The largest absolute Gasteiger partial charge is 0.244 e. The SMILES string of the molecule is CC(C)(C)[S@](=O)/N=C/c1cncnc1. The number of aromatic nitrogens is 2. The van der Waals surface area contributed by atoms with Crippen LogP contribution in [0.5, 0.6) is 0 Å². The van der Waals surface area contributed by atoms with E-state index in [-0.39, 0.29) is 4.75 Å². The third-order valence-corrected chi connectivity index (χ3v) is 2.75. The highest BCUT2D eigenvalue weighted by Gasteiger charge is 2.17. The Balaban J connectivity index is 2.71. The molecule has 14 heavy (non-hydrogen) atoms. The highest BCUT2D eigenvalue weighted by atomic mass is 32.2. The summed E-state index contributed by atoms with van der Waals surface area (Å²) in [6, 6.07) is 0. The second kappa shape index (κ2) is 4.41. The summed E-state index contributed by atoms with van der Waals surface area (Å²) in [7, 11) is -1.22. The van der Waals surface area contributed by atoms with Gasteiger partial charge in [0.25, 0.3) is 0 Å². The van der Waals surface area contributed by atoms with Crippen molar-refractivity contribution < 1.29 is 4.21 Å². The summed E-state index contributed by atoms with van der Waals surface area (Å²) in [5.74, 6) is 0. The predicted octanol–water partition coefficient (Wildman–Crippen LogP) is 1.36. The van der Waals surface area contributed by atoms with Crippen LogP contribution in [0.2, 0.25) is 0 Å². The van der Waals surface area contributed by atoms with E-state index in [0.29, 0.717) is 0 Å². The molecular weight excluding hydrogens is 198 g/mol. The van der Waals surface area contributed by atoms with Crippen molar-refractivity contribution in [3.05, 3.63) is 24.3 Å². The molecule has 0 aliphatic rings. The lowest BCUT2D eigenvalue weighted by molar-refractivity contribution is 0.651. The Morgan fingerprint density at radius 1 is 1.36 bits per heavy atom. The van der Waals surface area contributed by atoms with Crippen LogP contribution in [0.15, 0.2) is 23.1 Å². The molecule has 0 aromatic carbocycles. The van der Waals surface area contributed by atoms with Gasteiger partial charge < -0.3 is 0 Å². The third-order valence-electron chi connectivity index (χ3n) is 1.40. The van der Waals surface area contributed by atoms with Crippen LogP contribution >= 0.6 is 0 Å². The van der Waals surface area contributed by atoms with Crippen molar-refractivity contribution in [2.24, 2.45) is 4.40 Å². The molecule has 5 heteroatoms. The molecule has 0 unspecified atom stereocenters. The van der Waals surface area contributed by atoms with Crippen LogP contribution in [0.25, 0.3) is 0 Å². The van der Waals surface area contributed by atoms with Gasteiger partial charge in [0.05, 0.1) is 4.75 Å². The van der Waals surface area contributed by atoms with Crippen LogP contribution in [0, 0.1) is 0 Å². The van der Waals surface area contributed by atoms with E-state index in [4.69, 9.17) is 0 Å². The molecule has 0 amide bonds. The molecule has 0 bridgehead atoms. The van der Waals surface area contributed by atoms with Gasteiger partial charge in [-0.15, -0.1) is 0 Å². The first-order valence-electron chi connectivity index (χ1n) is 4.21. The van der Waals surface area contributed by atoms with Crippen LogP contribution in [0.3, 0.4) is 0 Å². The molecule has 1 aromatic heterocycles. The van der Waals surface area contributed by atoms with Crippen molar-refractivity contribution in [1.82, 2.24) is 9.97 Å². The molecule has 0 saturated carbocycles. The minimum atomic E-state index is -1.22. The quantitative estimate of drug-likeness (QED) is 0.694. The first-order chi connectivity index (χ1) is 6.50. The third kappa shape index (κ3) is 3.33. The number of hydrogen-bond donors (Lipinski definition) is 0. The summed E-state index contributed by atoms with van der Waals surface area (Å²) in [5.41, 5.74) is 0.755. The molecule has 0 N–H and O–H groups in total. The van der Waals surface area contributed by atoms with Crippen molar-refractivity contribution in [2.45, 2.75) is 25.5 Å². The van der Waals surface area contributed by atoms with Gasteiger partial charge >= 0.3 is 0 Å². The van der Waals surface area contributed by atoms with Gasteiger partial charge in [-0.25, -0.2) is 14.2 Å². The van der Waals surface area contributed by atoms with Crippen molar-refractivity contribution in [3.63, 3.8) is 0 Å². The Morgan fingerprint density at radius 2 is 1.93 bits per heavy atom. The van der Waals surface area contributed by atoms with E-state index in [1.807, 2.05) is 20.8 Å². The zero-order valence-corrected chi connectivity index (χ0v) is 9.28. The van der Waals surface area contributed by atoms with Crippen LogP contribution in [0.4, 0.5) is 0 Å². The second-order valence-corrected chi connectivity index (χ2v) is 5.70. The molecule has 4 nitrogen and oxygen atoms in total. The second-order valence-electron chi connectivity index (χ2n) is 3.77. The van der Waals surface area contributed by atoms with E-state index in [9.17, 15) is 4.21 Å². The van der Waals surface area contributed by atoms with Gasteiger partial charge in [-0.1, -0.05) is 0 Å². The van der Waals surface area contributed by atoms with E-state index in [1.54, 1.807) is 12.4 Å². The molecule has 0 aliphatic carbocycles. The standard InChI is InChI=1S/C9H13N3OS/c1-9(2,3)14(13)12-6-8-4-10-7-11-5-8/h4-7H,1-3H3/b12-6+/t14-/m0/s1. The summed E-state index contributed by atoms with van der Waals surface area (Å²) in [4.78, 5) is 7.65. The molecule has 76 valence electrons. The van der Waals surface area contributed by atoms with E-state index < -0.39 is 11.0 Å². The van der Waals surface area contributed by atoms with Gasteiger partial charge in [-0.05, 0) is 20.8 Å². The van der Waals surface area contributed by atoms with Crippen LogP contribution in [0.1, 0.15) is 26.3 Å². The zero-order valence-electron chi connectivity index (χ0n) is 8.47. The molecule has 0 saturated heterocycles. The van der Waals surface area contributed by atoms with E-state index in [2.05, 4.69) is 14.4 Å². The first kappa shape index (κ1) is 11.0. The average molecular weight is 211 g/mol. The Bertz CT molecular complexity index is 343. The Hall–Kier alpha value is -1.10. The van der Waals surface area contributed by atoms with Crippen molar-refractivity contribution >= 4 is 17.2 Å². The van der Waals surface area contributed by atoms with Gasteiger partial charge in [-0.3, -0.25) is 0 Å². The molecule has 1 heterocycles. The van der Waals surface area contributed by atoms with Gasteiger partial charge in [0.1, 0.15) is 17.3 Å². The fourth-order valence-corrected chi connectivity index (χ4v) is 1.18. The minimum absolute atomic E-state index is 0.327. The molecule has 0 aliphatic heterocycles. The fourth-order valence-electron chi connectivity index (χ4n) is 0.644. The maximum atomic E-state index is 11.5. The number of hydrogen-bond acceptors (Lipinski definition) is 3. The van der Waals surface area contributed by atoms with Gasteiger partial charge in [-0.2, -0.15) is 4.40 Å². The Labute approximate surface area is 86.1 Å². The smallest absolute Gasteiger partial charge is 0.144 e. The van der Waals surface area contributed by atoms with Crippen LogP contribution < -0.4 is 0 Å². The van der Waals surface area contributed by atoms with Crippen molar-refractivity contribution in [2.75, 3.05) is 0 Å². The lowest BCUT2D eigenvalue weighted by atomic mass is 10.3. The molecule has 1 rings (SSSR count). The minimum Gasteiger partial charge on any atom is -0.244 e. The summed E-state index contributed by atoms with van der Waals surface area (Å²) in [5, 5.41) is 0. The topological polar surface area (TPSA) is 55.2 Å². The molecule has 1 aromatic rings. The van der Waals surface area contributed by atoms with Crippen LogP contribution in [-0.2, 0) is 11.0 Å². The lowest BCUT2D eigenvalue weighted by Gasteiger charge is -2.12. The Kier molecular flexibility index (Phi) is 3.46. The highest BCUT2D eigenvalue weighted by molar-refractivity contribution is 7.85. The molecule has 0 radical (unpaired) electrons. The molecule has 0 spiro atoms. The van der Waals surface area contributed by atoms with Gasteiger partial charge in [0.2, 0.25) is 0 Å². The average Bonchev–Trinajstić information content (AvgIpc) is 2.14. The number of nitrogens with zero attached hydrogens (tertiary/aromatic N) is 3. The lowest BCUT2D eigenvalue weighted by Crippen LogP contribution is -2.19. The molecule has 1 atom stereocenters. The highest BCUT2D eigenvalue weighted by Crippen LogP contribution is 2.11. The zero-order chi connectivity index (χ0) is 10.6. The van der Waals surface area contributed by atoms with E-state index in [1.165, 1.54) is 12.5 Å². The fraction of sp³-hybridized carbons (Fsp3) is 0.444. The molecular formula is C9H13N3OS. The van der Waals surface area contributed by atoms with Gasteiger partial charge in [0, 0.05) is 24.2 Å². The van der Waals surface area contributed by atoms with E-state index in [0.717, 1.165) is 5.56 Å². The molecule has 0 fully saturated rings. The first-order valence-corrected chi connectivity index (χ1v) is 5.32. The predicted molar refractivity (Wildman–Crippen MR) is 57.5 cm³/mol. The van der Waals surface area contributed by atoms with Crippen molar-refractivity contribution in [1.29, 1.82) is 0 Å². The summed E-state index contributed by atoms with van der Waals surface area (Å²) in [6.07, 6.45) is 6.21. The Morgan fingerprint density at radius 3 is 2.43 bits per heavy atom.